The van der Waals surface area contributed by atoms with E-state index in [4.69, 9.17) is 4.74 Å². The molecule has 0 radical (unpaired) electrons. The number of hydrogen-bond acceptors (Lipinski definition) is 3. The molecule has 2 heterocycles. The van der Waals surface area contributed by atoms with Crippen LogP contribution in [0.2, 0.25) is 0 Å². The van der Waals surface area contributed by atoms with E-state index in [9.17, 15) is 18.0 Å². The van der Waals surface area contributed by atoms with Crippen LogP contribution < -0.4 is 4.74 Å². The molecular formula is C23H24F3N3O2. The Kier molecular flexibility index (Phi) is 5.64. The summed E-state index contributed by atoms with van der Waals surface area (Å²) in [6, 6.07) is 10.9. The first-order valence-electron chi connectivity index (χ1n) is 10.4. The standard InChI is InChI=1S/C23H24F3N3O2/c1-3-31-19-6-4-5-16(13-19)22(30)28-11-9-18(10-12-28)29-15(2)27-20-14-17(23(24,25)26)7-8-21(20)29/h4-8,13-14,18H,3,9-12H2,1-2H3. The molecule has 1 aromatic heterocycles. The van der Waals surface area contributed by atoms with Crippen molar-refractivity contribution in [3.05, 3.63) is 59.4 Å². The minimum Gasteiger partial charge on any atom is -0.494 e. The highest BCUT2D eigenvalue weighted by atomic mass is 19.4. The molecule has 0 saturated carbocycles. The SMILES string of the molecule is CCOc1cccc(C(=O)N2CCC(n3c(C)nc4cc(C(F)(F)F)ccc43)CC2)c1. The maximum atomic E-state index is 13.0. The average molecular weight is 431 g/mol. The molecule has 164 valence electrons. The van der Waals surface area contributed by atoms with Crippen LogP contribution in [0.15, 0.2) is 42.5 Å². The Morgan fingerprint density at radius 2 is 1.90 bits per heavy atom. The summed E-state index contributed by atoms with van der Waals surface area (Å²) in [5.74, 6) is 1.31. The van der Waals surface area contributed by atoms with Gasteiger partial charge in [0.05, 0.1) is 23.2 Å². The van der Waals surface area contributed by atoms with Crippen molar-refractivity contribution >= 4 is 16.9 Å². The Bertz CT molecular complexity index is 1100. The van der Waals surface area contributed by atoms with Gasteiger partial charge in [0.15, 0.2) is 0 Å². The fraction of sp³-hybridized carbons (Fsp3) is 0.391. The average Bonchev–Trinajstić information content (AvgIpc) is 3.08. The van der Waals surface area contributed by atoms with Gasteiger partial charge in [-0.3, -0.25) is 4.79 Å². The van der Waals surface area contributed by atoms with Crippen LogP contribution in [-0.4, -0.2) is 40.1 Å². The number of hydrogen-bond donors (Lipinski definition) is 0. The molecule has 1 aliphatic rings. The van der Waals surface area contributed by atoms with E-state index < -0.39 is 11.7 Å². The molecule has 8 heteroatoms. The number of aromatic nitrogens is 2. The van der Waals surface area contributed by atoms with Gasteiger partial charge in [0, 0.05) is 24.7 Å². The molecule has 31 heavy (non-hydrogen) atoms. The van der Waals surface area contributed by atoms with E-state index in [0.29, 0.717) is 60.7 Å². The van der Waals surface area contributed by atoms with Crippen LogP contribution in [0.4, 0.5) is 13.2 Å². The topological polar surface area (TPSA) is 47.4 Å². The molecule has 1 fully saturated rings. The van der Waals surface area contributed by atoms with Crippen LogP contribution in [0.1, 0.15) is 47.6 Å². The summed E-state index contributed by atoms with van der Waals surface area (Å²) in [6.07, 6.45) is -2.97. The van der Waals surface area contributed by atoms with Crippen LogP contribution >= 0.6 is 0 Å². The highest BCUT2D eigenvalue weighted by molar-refractivity contribution is 5.94. The van der Waals surface area contributed by atoms with Crippen molar-refractivity contribution in [2.24, 2.45) is 0 Å². The lowest BCUT2D eigenvalue weighted by Crippen LogP contribution is -2.39. The molecule has 0 atom stereocenters. The van der Waals surface area contributed by atoms with Crippen molar-refractivity contribution in [1.29, 1.82) is 0 Å². The molecule has 0 unspecified atom stereocenters. The summed E-state index contributed by atoms with van der Waals surface area (Å²) in [7, 11) is 0. The molecule has 0 aliphatic carbocycles. The van der Waals surface area contributed by atoms with Crippen LogP contribution in [-0.2, 0) is 6.18 Å². The Morgan fingerprint density at radius 1 is 1.16 bits per heavy atom. The largest absolute Gasteiger partial charge is 0.494 e. The van der Waals surface area contributed by atoms with Gasteiger partial charge < -0.3 is 14.2 Å². The molecule has 1 saturated heterocycles. The molecule has 1 aliphatic heterocycles. The van der Waals surface area contributed by atoms with E-state index in [1.807, 2.05) is 29.4 Å². The van der Waals surface area contributed by atoms with Gasteiger partial charge in [0.25, 0.3) is 5.91 Å². The lowest BCUT2D eigenvalue weighted by molar-refractivity contribution is -0.137. The number of imidazole rings is 1. The van der Waals surface area contributed by atoms with E-state index in [1.54, 1.807) is 18.2 Å². The predicted octanol–water partition coefficient (Wildman–Crippen LogP) is 5.24. The second-order valence-corrected chi connectivity index (χ2v) is 7.71. The van der Waals surface area contributed by atoms with E-state index in [-0.39, 0.29) is 11.9 Å². The van der Waals surface area contributed by atoms with Crippen LogP contribution in [0.25, 0.3) is 11.0 Å². The van der Waals surface area contributed by atoms with Crippen LogP contribution in [0, 0.1) is 6.92 Å². The third-order valence-electron chi connectivity index (χ3n) is 5.70. The minimum absolute atomic E-state index is 0.0398. The highest BCUT2D eigenvalue weighted by Crippen LogP contribution is 2.34. The Balaban J connectivity index is 1.50. The third kappa shape index (κ3) is 4.24. The number of halogens is 3. The monoisotopic (exact) mass is 431 g/mol. The second-order valence-electron chi connectivity index (χ2n) is 7.71. The summed E-state index contributed by atoms with van der Waals surface area (Å²) in [6.45, 7) is 5.38. The molecule has 2 aromatic carbocycles. The maximum Gasteiger partial charge on any atom is 0.416 e. The van der Waals surface area contributed by atoms with Gasteiger partial charge in [-0.1, -0.05) is 6.07 Å². The minimum atomic E-state index is -4.39. The summed E-state index contributed by atoms with van der Waals surface area (Å²) in [5.41, 5.74) is 0.936. The smallest absolute Gasteiger partial charge is 0.416 e. The van der Waals surface area contributed by atoms with Crippen LogP contribution in [0.3, 0.4) is 0 Å². The number of benzene rings is 2. The van der Waals surface area contributed by atoms with Crippen molar-refractivity contribution < 1.29 is 22.7 Å². The first-order valence-corrected chi connectivity index (χ1v) is 10.4. The predicted molar refractivity (Wildman–Crippen MR) is 111 cm³/mol. The van der Waals surface area contributed by atoms with Gasteiger partial charge in [-0.05, 0) is 63.1 Å². The van der Waals surface area contributed by atoms with Gasteiger partial charge >= 0.3 is 6.18 Å². The number of nitrogens with zero attached hydrogens (tertiary/aromatic N) is 3. The molecule has 3 aromatic rings. The van der Waals surface area contributed by atoms with Crippen molar-refractivity contribution in [1.82, 2.24) is 14.5 Å². The number of piperidine rings is 1. The molecule has 0 spiro atoms. The fourth-order valence-electron chi connectivity index (χ4n) is 4.25. The summed E-state index contributed by atoms with van der Waals surface area (Å²) >= 11 is 0. The van der Waals surface area contributed by atoms with E-state index in [1.165, 1.54) is 6.07 Å². The van der Waals surface area contributed by atoms with Crippen LogP contribution in [0.5, 0.6) is 5.75 Å². The van der Waals surface area contributed by atoms with Gasteiger partial charge in [-0.25, -0.2) is 4.98 Å². The molecule has 1 amide bonds. The lowest BCUT2D eigenvalue weighted by atomic mass is 10.0. The summed E-state index contributed by atoms with van der Waals surface area (Å²) in [4.78, 5) is 19.1. The molecule has 0 N–H and O–H groups in total. The van der Waals surface area contributed by atoms with E-state index >= 15 is 0 Å². The van der Waals surface area contributed by atoms with Crippen molar-refractivity contribution in [2.75, 3.05) is 19.7 Å². The number of fused-ring (bicyclic) bond motifs is 1. The van der Waals surface area contributed by atoms with Gasteiger partial charge in [-0.15, -0.1) is 0 Å². The zero-order valence-corrected chi connectivity index (χ0v) is 17.4. The van der Waals surface area contributed by atoms with Crippen molar-refractivity contribution in [3.63, 3.8) is 0 Å². The number of carbonyl (C=O) groups excluding carboxylic acids is 1. The number of amides is 1. The number of likely N-dealkylation sites (tertiary alicyclic amines) is 1. The fourth-order valence-corrected chi connectivity index (χ4v) is 4.25. The molecule has 5 nitrogen and oxygen atoms in total. The number of rotatable bonds is 4. The number of alkyl halides is 3. The summed E-state index contributed by atoms with van der Waals surface area (Å²) < 4.78 is 46.6. The first kappa shape index (κ1) is 21.2. The molecule has 4 rings (SSSR count). The first-order chi connectivity index (χ1) is 14.8. The lowest BCUT2D eigenvalue weighted by Gasteiger charge is -2.33. The Morgan fingerprint density at radius 3 is 2.58 bits per heavy atom. The van der Waals surface area contributed by atoms with Crippen molar-refractivity contribution in [3.8, 4) is 5.75 Å². The normalized spacial score (nSPS) is 15.5. The third-order valence-corrected chi connectivity index (χ3v) is 5.70. The number of carbonyl (C=O) groups is 1. The highest BCUT2D eigenvalue weighted by Gasteiger charge is 2.32. The summed E-state index contributed by atoms with van der Waals surface area (Å²) in [5, 5.41) is 0. The number of ether oxygens (including phenoxy) is 1. The van der Waals surface area contributed by atoms with E-state index in [2.05, 4.69) is 4.98 Å². The van der Waals surface area contributed by atoms with Gasteiger partial charge in [-0.2, -0.15) is 13.2 Å². The van der Waals surface area contributed by atoms with Gasteiger partial charge in [0.1, 0.15) is 11.6 Å². The van der Waals surface area contributed by atoms with Gasteiger partial charge in [0.2, 0.25) is 0 Å². The van der Waals surface area contributed by atoms with Crippen molar-refractivity contribution in [2.45, 2.75) is 38.9 Å². The maximum absolute atomic E-state index is 13.0. The molecular weight excluding hydrogens is 407 g/mol. The Labute approximate surface area is 178 Å². The molecule has 0 bridgehead atoms. The van der Waals surface area contributed by atoms with E-state index in [0.717, 1.165) is 12.1 Å². The zero-order chi connectivity index (χ0) is 22.2. The number of aryl methyl sites for hydroxylation is 1. The second kappa shape index (κ2) is 8.24. The Hall–Kier alpha value is -3.03. The zero-order valence-electron chi connectivity index (χ0n) is 17.4. The quantitative estimate of drug-likeness (QED) is 0.568.